The summed E-state index contributed by atoms with van der Waals surface area (Å²) in [6.45, 7) is 0. The molecule has 40 heavy (non-hydrogen) atoms. The van der Waals surface area contributed by atoms with Crippen molar-refractivity contribution in [2.24, 2.45) is 0 Å². The van der Waals surface area contributed by atoms with Crippen LogP contribution < -0.4 is 18.9 Å². The first-order valence-electron chi connectivity index (χ1n) is 9.52. The molecule has 0 atom stereocenters. The summed E-state index contributed by atoms with van der Waals surface area (Å²) in [5.41, 5.74) is -1.29. The van der Waals surface area contributed by atoms with Gasteiger partial charge in [-0.3, -0.25) is 0 Å². The van der Waals surface area contributed by atoms with E-state index in [0.717, 1.165) is 6.07 Å². The average Bonchev–Trinajstić information content (AvgIpc) is 2.77. The first kappa shape index (κ1) is 36.1. The molecule has 2 aromatic rings. The zero-order chi connectivity index (χ0) is 30.8. The van der Waals surface area contributed by atoms with Gasteiger partial charge in [0, 0.05) is 6.42 Å². The van der Waals surface area contributed by atoms with Crippen LogP contribution >= 0.6 is 0 Å². The zero-order valence-corrected chi connectivity index (χ0v) is 19.7. The van der Waals surface area contributed by atoms with Crippen LogP contribution in [0.4, 0.5) is 70.2 Å². The van der Waals surface area contributed by atoms with Gasteiger partial charge in [-0.05, 0) is 22.4 Å². The quantitative estimate of drug-likeness (QED) is 0.227. The van der Waals surface area contributed by atoms with Gasteiger partial charge in [0.2, 0.25) is 0 Å². The number of hydrogen-bond acceptors (Lipinski definition) is 3. The van der Waals surface area contributed by atoms with E-state index in [4.69, 9.17) is 0 Å². The minimum Gasteiger partial charge on any atom is -0.744 e. The van der Waals surface area contributed by atoms with Crippen LogP contribution in [-0.4, -0.2) is 60.9 Å². The van der Waals surface area contributed by atoms with Gasteiger partial charge in [0.1, 0.15) is 10.1 Å². The van der Waals surface area contributed by atoms with E-state index in [-0.39, 0.29) is 18.9 Å². The minimum absolute atomic E-state index is 0. The molecule has 0 aliphatic carbocycles. The van der Waals surface area contributed by atoms with Gasteiger partial charge in [-0.15, -0.1) is 0 Å². The van der Waals surface area contributed by atoms with Crippen molar-refractivity contribution in [2.75, 3.05) is 0 Å². The van der Waals surface area contributed by atoms with Crippen LogP contribution in [0.3, 0.4) is 0 Å². The van der Waals surface area contributed by atoms with Crippen LogP contribution in [0, 0.1) is 0 Å². The van der Waals surface area contributed by atoms with Gasteiger partial charge in [-0.25, -0.2) is 17.2 Å². The number of hydrogen-bond donors (Lipinski definition) is 0. The Hall–Kier alpha value is -1.91. The molecule has 0 aromatic heterocycles. The molecule has 0 amide bonds. The number of halogens is 16. The molecular formula is C19H9F16LiO3S. The molecular weight excluding hydrogens is 619 g/mol. The van der Waals surface area contributed by atoms with E-state index in [1.165, 1.54) is 0 Å². The molecule has 0 N–H and O–H groups in total. The fourth-order valence-electron chi connectivity index (χ4n) is 3.24. The molecule has 0 radical (unpaired) electrons. The Morgan fingerprint density at radius 2 is 1.02 bits per heavy atom. The maximum absolute atomic E-state index is 14.4. The summed E-state index contributed by atoms with van der Waals surface area (Å²) in [6, 6.07) is 3.62. The summed E-state index contributed by atoms with van der Waals surface area (Å²) in [6.07, 6.45) is -8.76. The van der Waals surface area contributed by atoms with Crippen LogP contribution in [0.1, 0.15) is 5.56 Å². The van der Waals surface area contributed by atoms with Crippen molar-refractivity contribution in [3.8, 4) is 0 Å². The van der Waals surface area contributed by atoms with Crippen LogP contribution in [0.25, 0.3) is 10.8 Å². The van der Waals surface area contributed by atoms with Gasteiger partial charge in [-0.1, -0.05) is 30.3 Å². The van der Waals surface area contributed by atoms with E-state index in [9.17, 15) is 83.2 Å². The van der Waals surface area contributed by atoms with E-state index in [1.807, 2.05) is 0 Å². The van der Waals surface area contributed by atoms with E-state index >= 15 is 0 Å². The molecule has 222 valence electrons. The van der Waals surface area contributed by atoms with Crippen LogP contribution in [0.15, 0.2) is 41.3 Å². The molecule has 2 rings (SSSR count). The first-order chi connectivity index (χ1) is 17.1. The largest absolute Gasteiger partial charge is 1.00 e. The normalized spacial score (nSPS) is 14.9. The summed E-state index contributed by atoms with van der Waals surface area (Å²) in [4.78, 5) is -1.16. The summed E-state index contributed by atoms with van der Waals surface area (Å²) >= 11 is 0. The Kier molecular flexibility index (Phi) is 9.41. The molecule has 2 aromatic carbocycles. The molecule has 0 fully saturated rings. The first-order valence-corrected chi connectivity index (χ1v) is 10.9. The summed E-state index contributed by atoms with van der Waals surface area (Å²) in [5, 5.41) is -1.63. The summed E-state index contributed by atoms with van der Waals surface area (Å²) < 4.78 is 250. The molecule has 0 aliphatic rings. The Morgan fingerprint density at radius 1 is 0.625 bits per heavy atom. The number of benzene rings is 2. The fraction of sp³-hybridized carbons (Fsp3) is 0.474. The van der Waals surface area contributed by atoms with Crippen LogP contribution in [-0.2, 0) is 16.5 Å². The van der Waals surface area contributed by atoms with E-state index in [2.05, 4.69) is 0 Å². The van der Waals surface area contributed by atoms with Gasteiger partial charge < -0.3 is 4.55 Å². The average molecular weight is 628 g/mol. The van der Waals surface area contributed by atoms with Gasteiger partial charge >= 0.3 is 66.7 Å². The number of fused-ring (bicyclic) bond motifs is 1. The Labute approximate surface area is 224 Å². The number of alkyl halides is 16. The molecule has 0 aliphatic heterocycles. The Balaban J connectivity index is 0.00000800. The van der Waals surface area contributed by atoms with E-state index in [1.54, 1.807) is 0 Å². The molecule has 0 saturated heterocycles. The second-order valence-electron chi connectivity index (χ2n) is 7.90. The third-order valence-electron chi connectivity index (χ3n) is 5.38. The molecule has 0 bridgehead atoms. The predicted molar refractivity (Wildman–Crippen MR) is 96.2 cm³/mol. The van der Waals surface area contributed by atoms with Crippen LogP contribution in [0.2, 0.25) is 0 Å². The van der Waals surface area contributed by atoms with Crippen molar-refractivity contribution in [1.29, 1.82) is 0 Å². The van der Waals surface area contributed by atoms with Crippen molar-refractivity contribution in [3.63, 3.8) is 0 Å². The van der Waals surface area contributed by atoms with Gasteiger partial charge in [0.25, 0.3) is 0 Å². The predicted octanol–water partition coefficient (Wildman–Crippen LogP) is 4.00. The number of rotatable bonds is 10. The molecule has 0 heterocycles. The SMILES string of the molecule is O=S(=O)([O-])c1cccc2c(CC(F)(F)C(F)(F)C(F)(F)C(F)(F)C(F)(F)C(F)(F)C(F)(F)C(F)F)cccc12.[Li+]. The van der Waals surface area contributed by atoms with Crippen molar-refractivity contribution < 1.29 is 102 Å². The topological polar surface area (TPSA) is 57.2 Å². The van der Waals surface area contributed by atoms with Crippen LogP contribution in [0.5, 0.6) is 0 Å². The maximum Gasteiger partial charge on any atom is 1.00 e. The molecule has 0 spiro atoms. The van der Waals surface area contributed by atoms with Crippen molar-refractivity contribution in [2.45, 2.75) is 59.2 Å². The van der Waals surface area contributed by atoms with E-state index in [0.29, 0.717) is 30.3 Å². The monoisotopic (exact) mass is 628 g/mol. The van der Waals surface area contributed by atoms with Crippen molar-refractivity contribution in [3.05, 3.63) is 42.0 Å². The van der Waals surface area contributed by atoms with Gasteiger partial charge in [0.05, 0.1) is 4.90 Å². The third-order valence-corrected chi connectivity index (χ3v) is 6.28. The zero-order valence-electron chi connectivity index (χ0n) is 18.9. The molecule has 0 unspecified atom stereocenters. The second-order valence-corrected chi connectivity index (χ2v) is 9.25. The van der Waals surface area contributed by atoms with Gasteiger partial charge in [-0.2, -0.15) is 61.5 Å². The minimum atomic E-state index is -8.52. The van der Waals surface area contributed by atoms with Gasteiger partial charge in [0.15, 0.2) is 0 Å². The second kappa shape index (κ2) is 10.4. The molecule has 21 heteroatoms. The Bertz CT molecular complexity index is 1340. The van der Waals surface area contributed by atoms with Crippen molar-refractivity contribution >= 4 is 20.9 Å². The standard InChI is InChI=1S/C19H10F16O3S.Li/c20-12(21)14(24,25)16(28,29)18(32,33)19(34,35)17(30,31)15(26,27)13(22,23)7-8-3-1-5-10-9(8)4-2-6-11(10)39(36,37)38;/h1-6,12H,7H2,(H,36,37,38);/q;+1/p-1. The maximum atomic E-state index is 14.4. The fourth-order valence-corrected chi connectivity index (χ4v) is 3.93. The summed E-state index contributed by atoms with van der Waals surface area (Å²) in [5.74, 6) is -55.4. The smallest absolute Gasteiger partial charge is 0.744 e. The van der Waals surface area contributed by atoms with E-state index < -0.39 is 85.7 Å². The Morgan fingerprint density at radius 3 is 1.48 bits per heavy atom. The summed E-state index contributed by atoms with van der Waals surface area (Å²) in [7, 11) is -5.38. The third kappa shape index (κ3) is 5.13. The van der Waals surface area contributed by atoms with Crippen molar-refractivity contribution in [1.82, 2.24) is 0 Å². The molecule has 3 nitrogen and oxygen atoms in total. The molecule has 0 saturated carbocycles.